The molecule has 184 valence electrons. The van der Waals surface area contributed by atoms with Crippen LogP contribution in [0.15, 0.2) is 0 Å². The highest BCUT2D eigenvalue weighted by atomic mass is 16.5. The number of hydrogen-bond donors (Lipinski definition) is 3. The van der Waals surface area contributed by atoms with Crippen LogP contribution in [0.2, 0.25) is 0 Å². The predicted molar refractivity (Wildman–Crippen MR) is 118 cm³/mol. The Morgan fingerprint density at radius 1 is 1.19 bits per heavy atom. The molecule has 2 saturated carbocycles. The molecular formula is C25H42O7. The summed E-state index contributed by atoms with van der Waals surface area (Å²) in [4.78, 5) is 25.2. The Bertz CT molecular complexity index is 663. The van der Waals surface area contributed by atoms with Crippen LogP contribution in [0.25, 0.3) is 0 Å². The lowest BCUT2D eigenvalue weighted by Crippen LogP contribution is -2.55. The molecule has 0 aromatic carbocycles. The van der Waals surface area contributed by atoms with Crippen LogP contribution in [0, 0.1) is 40.9 Å². The third-order valence-electron chi connectivity index (χ3n) is 8.73. The van der Waals surface area contributed by atoms with Crippen molar-refractivity contribution in [2.24, 2.45) is 40.9 Å². The van der Waals surface area contributed by atoms with Gasteiger partial charge in [-0.15, -0.1) is 0 Å². The van der Waals surface area contributed by atoms with Gasteiger partial charge in [0.1, 0.15) is 6.10 Å². The largest absolute Gasteiger partial charge is 0.465 e. The van der Waals surface area contributed by atoms with E-state index in [9.17, 15) is 24.9 Å². The van der Waals surface area contributed by atoms with Crippen LogP contribution in [0.4, 0.5) is 0 Å². The first kappa shape index (κ1) is 25.4. The summed E-state index contributed by atoms with van der Waals surface area (Å²) in [5, 5.41) is 31.2. The Labute approximate surface area is 191 Å². The lowest BCUT2D eigenvalue weighted by atomic mass is 9.56. The quantitative estimate of drug-likeness (QED) is 0.507. The smallest absolute Gasteiger partial charge is 0.311 e. The summed E-state index contributed by atoms with van der Waals surface area (Å²) >= 11 is 0. The number of rotatable bonds is 7. The SMILES string of the molecule is CCC(C)(C)C(=O)O[C@H]1C[C@H](CO)[C@H](O)[C@@H]2CC[C@H](C)[C@H](CCC3C(=O)OCC[C@H]3O)[C@H]21. The number of fused-ring (bicyclic) bond motifs is 1. The monoisotopic (exact) mass is 454 g/mol. The second-order valence-corrected chi connectivity index (χ2v) is 11.0. The van der Waals surface area contributed by atoms with Crippen LogP contribution in [0.1, 0.15) is 72.6 Å². The maximum absolute atomic E-state index is 13.0. The molecule has 3 aliphatic rings. The minimum absolute atomic E-state index is 0.0232. The normalized spacial score (nSPS) is 40.3. The lowest BCUT2D eigenvalue weighted by molar-refractivity contribution is -0.186. The maximum Gasteiger partial charge on any atom is 0.311 e. The number of carbonyl (C=O) groups excluding carboxylic acids is 2. The molecule has 9 atom stereocenters. The van der Waals surface area contributed by atoms with E-state index in [-0.39, 0.29) is 54.9 Å². The molecule has 0 amide bonds. The number of ether oxygens (including phenoxy) is 2. The van der Waals surface area contributed by atoms with Gasteiger partial charge in [-0.2, -0.15) is 0 Å². The topological polar surface area (TPSA) is 113 Å². The molecule has 3 fully saturated rings. The summed E-state index contributed by atoms with van der Waals surface area (Å²) < 4.78 is 11.3. The molecular weight excluding hydrogens is 412 g/mol. The number of esters is 2. The summed E-state index contributed by atoms with van der Waals surface area (Å²) in [5.41, 5.74) is -0.591. The third kappa shape index (κ3) is 5.15. The second kappa shape index (κ2) is 10.4. The summed E-state index contributed by atoms with van der Waals surface area (Å²) in [6.07, 6.45) is 2.92. The van der Waals surface area contributed by atoms with Crippen molar-refractivity contribution in [3.63, 3.8) is 0 Å². The zero-order valence-corrected chi connectivity index (χ0v) is 20.0. The van der Waals surface area contributed by atoms with Crippen LogP contribution in [-0.4, -0.2) is 58.8 Å². The van der Waals surface area contributed by atoms with Gasteiger partial charge in [0.2, 0.25) is 0 Å². The minimum Gasteiger partial charge on any atom is -0.465 e. The molecule has 0 spiro atoms. The Kier molecular flexibility index (Phi) is 8.26. The van der Waals surface area contributed by atoms with Crippen molar-refractivity contribution in [3.05, 3.63) is 0 Å². The highest BCUT2D eigenvalue weighted by Crippen LogP contribution is 2.51. The van der Waals surface area contributed by atoms with E-state index < -0.39 is 23.5 Å². The Balaban J connectivity index is 1.82. The van der Waals surface area contributed by atoms with Gasteiger partial charge in [0.15, 0.2) is 0 Å². The van der Waals surface area contributed by atoms with Crippen molar-refractivity contribution in [1.29, 1.82) is 0 Å². The fourth-order valence-electron chi connectivity index (χ4n) is 6.11. The lowest BCUT2D eigenvalue weighted by Gasteiger charge is -2.52. The highest BCUT2D eigenvalue weighted by Gasteiger charge is 2.52. The maximum atomic E-state index is 13.0. The van der Waals surface area contributed by atoms with Gasteiger partial charge in [0, 0.05) is 24.9 Å². The highest BCUT2D eigenvalue weighted by molar-refractivity contribution is 5.76. The predicted octanol–water partition coefficient (Wildman–Crippen LogP) is 2.69. The number of aliphatic hydroxyl groups is 3. The summed E-state index contributed by atoms with van der Waals surface area (Å²) in [5.74, 6) is -0.949. The zero-order chi connectivity index (χ0) is 23.6. The van der Waals surface area contributed by atoms with E-state index in [1.54, 1.807) is 0 Å². The Hall–Kier alpha value is -1.18. The van der Waals surface area contributed by atoms with Gasteiger partial charge in [-0.1, -0.05) is 20.3 Å². The number of cyclic esters (lactones) is 1. The first-order chi connectivity index (χ1) is 15.1. The first-order valence-corrected chi connectivity index (χ1v) is 12.4. The molecule has 0 bridgehead atoms. The summed E-state index contributed by atoms with van der Waals surface area (Å²) in [6.45, 7) is 8.05. The number of aliphatic hydroxyl groups excluding tert-OH is 3. The molecule has 3 rings (SSSR count). The molecule has 1 heterocycles. The van der Waals surface area contributed by atoms with Gasteiger partial charge in [-0.05, 0) is 63.7 Å². The van der Waals surface area contributed by atoms with Crippen molar-refractivity contribution < 1.29 is 34.4 Å². The van der Waals surface area contributed by atoms with Gasteiger partial charge >= 0.3 is 11.9 Å². The van der Waals surface area contributed by atoms with E-state index in [4.69, 9.17) is 9.47 Å². The van der Waals surface area contributed by atoms with Gasteiger partial charge in [0.25, 0.3) is 0 Å². The summed E-state index contributed by atoms with van der Waals surface area (Å²) in [7, 11) is 0. The van der Waals surface area contributed by atoms with E-state index in [0.717, 1.165) is 12.8 Å². The van der Waals surface area contributed by atoms with Crippen LogP contribution in [0.5, 0.6) is 0 Å². The van der Waals surface area contributed by atoms with Gasteiger partial charge in [0.05, 0.1) is 30.1 Å². The van der Waals surface area contributed by atoms with Crippen molar-refractivity contribution >= 4 is 11.9 Å². The van der Waals surface area contributed by atoms with Gasteiger partial charge in [-0.25, -0.2) is 0 Å². The third-order valence-corrected chi connectivity index (χ3v) is 8.73. The number of hydrogen-bond acceptors (Lipinski definition) is 7. The fourth-order valence-corrected chi connectivity index (χ4v) is 6.11. The van der Waals surface area contributed by atoms with E-state index in [1.165, 1.54) is 0 Å². The standard InChI is InChI=1S/C25H42O7/c1-5-25(3,4)24(30)32-20-12-15(13-26)22(28)18-7-6-14(2)16(21(18)20)8-9-17-19(27)10-11-31-23(17)29/h14-22,26-28H,5-13H2,1-4H3/t14-,15+,16-,17?,18+,19+,20-,21+,22-/m0/s1. The van der Waals surface area contributed by atoms with Crippen molar-refractivity contribution in [2.75, 3.05) is 13.2 Å². The Morgan fingerprint density at radius 3 is 2.53 bits per heavy atom. The summed E-state index contributed by atoms with van der Waals surface area (Å²) in [6, 6.07) is 0. The van der Waals surface area contributed by atoms with Crippen LogP contribution in [-0.2, 0) is 19.1 Å². The molecule has 7 heteroatoms. The average Bonchev–Trinajstić information content (AvgIpc) is 2.76. The molecule has 2 aliphatic carbocycles. The molecule has 1 aliphatic heterocycles. The second-order valence-electron chi connectivity index (χ2n) is 11.0. The molecule has 32 heavy (non-hydrogen) atoms. The van der Waals surface area contributed by atoms with Gasteiger partial charge in [-0.3, -0.25) is 9.59 Å². The average molecular weight is 455 g/mol. The minimum atomic E-state index is -0.680. The molecule has 0 aromatic heterocycles. The molecule has 0 aromatic rings. The number of carbonyl (C=O) groups is 2. The molecule has 1 unspecified atom stereocenters. The molecule has 3 N–H and O–H groups in total. The van der Waals surface area contributed by atoms with E-state index in [2.05, 4.69) is 6.92 Å². The van der Waals surface area contributed by atoms with Crippen molar-refractivity contribution in [2.45, 2.75) is 91.0 Å². The van der Waals surface area contributed by atoms with Crippen molar-refractivity contribution in [3.8, 4) is 0 Å². The van der Waals surface area contributed by atoms with E-state index >= 15 is 0 Å². The fraction of sp³-hybridized carbons (Fsp3) is 0.920. The first-order valence-electron chi connectivity index (χ1n) is 12.4. The molecule has 7 nitrogen and oxygen atoms in total. The van der Waals surface area contributed by atoms with E-state index in [0.29, 0.717) is 38.0 Å². The van der Waals surface area contributed by atoms with E-state index in [1.807, 2.05) is 20.8 Å². The van der Waals surface area contributed by atoms with Crippen molar-refractivity contribution in [1.82, 2.24) is 0 Å². The molecule has 1 saturated heterocycles. The van der Waals surface area contributed by atoms with Crippen LogP contribution in [0.3, 0.4) is 0 Å². The molecule has 0 radical (unpaired) electrons. The van der Waals surface area contributed by atoms with Crippen LogP contribution >= 0.6 is 0 Å². The van der Waals surface area contributed by atoms with Crippen LogP contribution < -0.4 is 0 Å². The zero-order valence-electron chi connectivity index (χ0n) is 20.0. The Morgan fingerprint density at radius 2 is 1.91 bits per heavy atom. The van der Waals surface area contributed by atoms with Gasteiger partial charge < -0.3 is 24.8 Å².